The maximum atomic E-state index is 12.0. The number of nitrogens with two attached hydrogens (primary N) is 1. The number of anilines is 1. The first-order chi connectivity index (χ1) is 10.3. The van der Waals surface area contributed by atoms with E-state index in [2.05, 4.69) is 20.1 Å². The monoisotopic (exact) mass is 441 g/mol. The van der Waals surface area contributed by atoms with Gasteiger partial charge in [-0.05, 0) is 30.3 Å². The molecule has 1 aromatic heterocycles. The van der Waals surface area contributed by atoms with Crippen molar-refractivity contribution in [3.05, 3.63) is 42.2 Å². The third-order valence-corrected chi connectivity index (χ3v) is 2.69. The number of aliphatic imine (C=N–C) groups is 1. The van der Waals surface area contributed by atoms with Crippen LogP contribution in [0.4, 0.5) is 18.9 Å². The molecule has 0 spiro atoms. The van der Waals surface area contributed by atoms with Crippen molar-refractivity contribution in [1.82, 2.24) is 9.78 Å². The summed E-state index contributed by atoms with van der Waals surface area (Å²) in [6.45, 7) is 0.338. The fourth-order valence-electron chi connectivity index (χ4n) is 1.65. The largest absolute Gasteiger partial charge is 0.573 e. The van der Waals surface area contributed by atoms with Crippen LogP contribution < -0.4 is 15.8 Å². The summed E-state index contributed by atoms with van der Waals surface area (Å²) in [6, 6.07) is 7.00. The molecule has 2 aromatic rings. The van der Waals surface area contributed by atoms with Crippen LogP contribution in [0.25, 0.3) is 0 Å². The second-order valence-electron chi connectivity index (χ2n) is 4.34. The summed E-state index contributed by atoms with van der Waals surface area (Å²) in [7, 11) is 1.79. The topological polar surface area (TPSA) is 77.5 Å². The second-order valence-corrected chi connectivity index (χ2v) is 4.34. The number of guanidine groups is 1. The van der Waals surface area contributed by atoms with Crippen LogP contribution in [0.5, 0.6) is 5.75 Å². The molecule has 10 heteroatoms. The van der Waals surface area contributed by atoms with Crippen molar-refractivity contribution in [2.24, 2.45) is 17.8 Å². The van der Waals surface area contributed by atoms with Crippen LogP contribution >= 0.6 is 24.0 Å². The Morgan fingerprint density at radius 2 is 1.96 bits per heavy atom. The van der Waals surface area contributed by atoms with Gasteiger partial charge < -0.3 is 15.8 Å². The number of nitrogens with zero attached hydrogens (tertiary/aromatic N) is 3. The van der Waals surface area contributed by atoms with E-state index in [0.29, 0.717) is 12.2 Å². The van der Waals surface area contributed by atoms with Gasteiger partial charge in [-0.2, -0.15) is 5.10 Å². The average Bonchev–Trinajstić information content (AvgIpc) is 2.83. The summed E-state index contributed by atoms with van der Waals surface area (Å²) in [4.78, 5) is 4.12. The summed E-state index contributed by atoms with van der Waals surface area (Å²) in [5, 5.41) is 6.77. The van der Waals surface area contributed by atoms with Crippen molar-refractivity contribution in [1.29, 1.82) is 0 Å². The lowest BCUT2D eigenvalue weighted by atomic mass is 10.3. The highest BCUT2D eigenvalue weighted by Crippen LogP contribution is 2.23. The molecule has 0 saturated carbocycles. The maximum absolute atomic E-state index is 12.0. The van der Waals surface area contributed by atoms with Crippen LogP contribution in [0.2, 0.25) is 0 Å². The van der Waals surface area contributed by atoms with E-state index in [1.54, 1.807) is 24.0 Å². The quantitative estimate of drug-likeness (QED) is 0.435. The Morgan fingerprint density at radius 1 is 1.30 bits per heavy atom. The molecule has 0 aliphatic rings. The fraction of sp³-hybridized carbons (Fsp3) is 0.231. The number of rotatable bonds is 4. The van der Waals surface area contributed by atoms with Crippen molar-refractivity contribution in [2.45, 2.75) is 12.9 Å². The van der Waals surface area contributed by atoms with Crippen LogP contribution in [0.15, 0.2) is 41.5 Å². The first-order valence-corrected chi connectivity index (χ1v) is 6.23. The summed E-state index contributed by atoms with van der Waals surface area (Å²) in [6.07, 6.45) is -3.06. The Labute approximate surface area is 147 Å². The minimum Gasteiger partial charge on any atom is -0.406 e. The van der Waals surface area contributed by atoms with Crippen LogP contribution in [-0.2, 0) is 13.6 Å². The number of nitrogens with one attached hydrogen (secondary N) is 1. The minimum atomic E-state index is -4.71. The Morgan fingerprint density at radius 3 is 2.48 bits per heavy atom. The molecule has 1 aromatic carbocycles. The van der Waals surface area contributed by atoms with E-state index in [0.717, 1.165) is 5.69 Å². The van der Waals surface area contributed by atoms with Crippen LogP contribution in [-0.4, -0.2) is 22.1 Å². The van der Waals surface area contributed by atoms with E-state index in [1.807, 2.05) is 0 Å². The normalized spacial score (nSPS) is 11.7. The molecule has 0 fully saturated rings. The van der Waals surface area contributed by atoms with Gasteiger partial charge in [0.15, 0.2) is 5.96 Å². The lowest BCUT2D eigenvalue weighted by molar-refractivity contribution is -0.274. The molecule has 0 bridgehead atoms. The van der Waals surface area contributed by atoms with E-state index in [4.69, 9.17) is 5.73 Å². The summed E-state index contributed by atoms with van der Waals surface area (Å²) < 4.78 is 41.5. The zero-order chi connectivity index (χ0) is 16.2. The number of hydrogen-bond acceptors (Lipinski definition) is 3. The van der Waals surface area contributed by atoms with Crippen molar-refractivity contribution >= 4 is 35.6 Å². The van der Waals surface area contributed by atoms with Crippen LogP contribution in [0.1, 0.15) is 5.69 Å². The van der Waals surface area contributed by atoms with Crippen molar-refractivity contribution in [2.75, 3.05) is 5.32 Å². The highest BCUT2D eigenvalue weighted by molar-refractivity contribution is 14.0. The number of aryl methyl sites for hydroxylation is 1. The van der Waals surface area contributed by atoms with Crippen LogP contribution in [0, 0.1) is 0 Å². The van der Waals surface area contributed by atoms with Gasteiger partial charge in [0.25, 0.3) is 0 Å². The molecule has 0 aliphatic heterocycles. The molecule has 1 heterocycles. The molecule has 6 nitrogen and oxygen atoms in total. The van der Waals surface area contributed by atoms with E-state index in [9.17, 15) is 13.2 Å². The molecule has 0 radical (unpaired) electrons. The van der Waals surface area contributed by atoms with Crippen molar-refractivity contribution in [3.8, 4) is 5.75 Å². The number of benzene rings is 1. The molecule has 126 valence electrons. The summed E-state index contributed by atoms with van der Waals surface area (Å²) in [5.41, 5.74) is 7.08. The van der Waals surface area contributed by atoms with Gasteiger partial charge in [0, 0.05) is 18.9 Å². The second kappa shape index (κ2) is 8.04. The van der Waals surface area contributed by atoms with Gasteiger partial charge in [-0.1, -0.05) is 0 Å². The van der Waals surface area contributed by atoms with E-state index in [1.165, 1.54) is 24.3 Å². The molecule has 0 aliphatic carbocycles. The van der Waals surface area contributed by atoms with Gasteiger partial charge in [0.05, 0.1) is 12.2 Å². The van der Waals surface area contributed by atoms with Gasteiger partial charge in [0.1, 0.15) is 5.75 Å². The molecule has 0 amide bonds. The number of alkyl halides is 3. The third-order valence-electron chi connectivity index (χ3n) is 2.69. The highest BCUT2D eigenvalue weighted by Gasteiger charge is 2.30. The molecule has 2 rings (SSSR count). The Kier molecular flexibility index (Phi) is 6.66. The van der Waals surface area contributed by atoms with Gasteiger partial charge in [-0.15, -0.1) is 37.1 Å². The predicted octanol–water partition coefficient (Wildman–Crippen LogP) is 2.86. The zero-order valence-corrected chi connectivity index (χ0v) is 14.4. The maximum Gasteiger partial charge on any atom is 0.573 e. The Balaban J connectivity index is 0.00000264. The predicted molar refractivity (Wildman–Crippen MR) is 90.7 cm³/mol. The van der Waals surface area contributed by atoms with E-state index < -0.39 is 6.36 Å². The number of ether oxygens (including phenoxy) is 1. The first kappa shape index (κ1) is 19.1. The lowest BCUT2D eigenvalue weighted by Gasteiger charge is -2.10. The van der Waals surface area contributed by atoms with Gasteiger partial charge in [-0.25, -0.2) is 4.99 Å². The minimum absolute atomic E-state index is 0. The standard InChI is InChI=1S/C13H14F3N5O.HI/c1-21-10(6-7-19-21)8-18-12(17)20-9-2-4-11(5-3-9)22-13(14,15)16;/h2-7H,8H2,1H3,(H3,17,18,20);1H. The Hall–Kier alpha value is -1.98. The van der Waals surface area contributed by atoms with Crippen molar-refractivity contribution < 1.29 is 17.9 Å². The summed E-state index contributed by atoms with van der Waals surface area (Å²) in [5.74, 6) is -0.158. The first-order valence-electron chi connectivity index (χ1n) is 6.23. The zero-order valence-electron chi connectivity index (χ0n) is 12.0. The van der Waals surface area contributed by atoms with E-state index in [-0.39, 0.29) is 35.7 Å². The molecular weight excluding hydrogens is 426 g/mol. The van der Waals surface area contributed by atoms with Gasteiger partial charge in [0.2, 0.25) is 0 Å². The summed E-state index contributed by atoms with van der Waals surface area (Å²) >= 11 is 0. The molecule has 0 unspecified atom stereocenters. The highest BCUT2D eigenvalue weighted by atomic mass is 127. The Bertz CT molecular complexity index is 654. The van der Waals surface area contributed by atoms with E-state index >= 15 is 0 Å². The third kappa shape index (κ3) is 6.34. The molecule has 0 saturated heterocycles. The van der Waals surface area contributed by atoms with Gasteiger partial charge >= 0.3 is 6.36 Å². The smallest absolute Gasteiger partial charge is 0.406 e. The number of hydrogen-bond donors (Lipinski definition) is 2. The molecule has 23 heavy (non-hydrogen) atoms. The molecular formula is C13H15F3IN5O. The lowest BCUT2D eigenvalue weighted by Crippen LogP contribution is -2.22. The average molecular weight is 441 g/mol. The number of aromatic nitrogens is 2. The molecule has 0 atom stereocenters. The van der Waals surface area contributed by atoms with Gasteiger partial charge in [-0.3, -0.25) is 4.68 Å². The molecule has 3 N–H and O–H groups in total. The number of halogens is 4. The fourth-order valence-corrected chi connectivity index (χ4v) is 1.65. The van der Waals surface area contributed by atoms with Crippen LogP contribution in [0.3, 0.4) is 0 Å². The van der Waals surface area contributed by atoms with Crippen molar-refractivity contribution in [3.63, 3.8) is 0 Å². The SMILES string of the molecule is Cn1nccc1CN=C(N)Nc1ccc(OC(F)(F)F)cc1.I.